The molecule has 25 heavy (non-hydrogen) atoms. The van der Waals surface area contributed by atoms with Crippen LogP contribution >= 0.6 is 11.8 Å². The van der Waals surface area contributed by atoms with Gasteiger partial charge in [0.1, 0.15) is 6.54 Å². The van der Waals surface area contributed by atoms with Gasteiger partial charge in [0.25, 0.3) is 11.1 Å². The fraction of sp³-hybridized carbons (Fsp3) is 0.167. The predicted octanol–water partition coefficient (Wildman–Crippen LogP) is 3.31. The van der Waals surface area contributed by atoms with Crippen LogP contribution in [0.15, 0.2) is 41.4 Å². The molecular weight excluding hydrogens is 338 g/mol. The minimum Gasteiger partial charge on any atom is -0.362 e. The number of rotatable bonds is 4. The van der Waals surface area contributed by atoms with Crippen molar-refractivity contribution in [1.82, 2.24) is 9.88 Å². The first-order valence-corrected chi connectivity index (χ1v) is 8.51. The van der Waals surface area contributed by atoms with Crippen molar-refractivity contribution in [3.63, 3.8) is 0 Å². The molecule has 1 saturated heterocycles. The maximum absolute atomic E-state index is 12.4. The van der Waals surface area contributed by atoms with Gasteiger partial charge in [0, 0.05) is 17.6 Å². The van der Waals surface area contributed by atoms with Gasteiger partial charge in [-0.2, -0.15) is 0 Å². The van der Waals surface area contributed by atoms with Crippen LogP contribution in [0.25, 0.3) is 6.08 Å². The molecule has 128 valence electrons. The Morgan fingerprint density at radius 2 is 1.96 bits per heavy atom. The zero-order chi connectivity index (χ0) is 18.0. The van der Waals surface area contributed by atoms with E-state index in [4.69, 9.17) is 0 Å². The molecule has 1 aliphatic heterocycles. The van der Waals surface area contributed by atoms with Crippen molar-refractivity contribution in [2.24, 2.45) is 0 Å². The maximum atomic E-state index is 12.4. The SMILES string of the molecule is Cc1cc(C)cc(NC(=O)CN2C(=O)S/C(=C/c3ccc[nH]3)C2=O)c1. The van der Waals surface area contributed by atoms with Gasteiger partial charge in [0.2, 0.25) is 5.91 Å². The summed E-state index contributed by atoms with van der Waals surface area (Å²) in [4.78, 5) is 40.8. The van der Waals surface area contributed by atoms with Gasteiger partial charge in [0.15, 0.2) is 0 Å². The van der Waals surface area contributed by atoms with Gasteiger partial charge in [-0.3, -0.25) is 19.3 Å². The van der Waals surface area contributed by atoms with Crippen molar-refractivity contribution in [1.29, 1.82) is 0 Å². The number of H-pyrrole nitrogens is 1. The lowest BCUT2D eigenvalue weighted by molar-refractivity contribution is -0.127. The number of benzene rings is 1. The molecule has 6 nitrogen and oxygen atoms in total. The highest BCUT2D eigenvalue weighted by molar-refractivity contribution is 8.18. The van der Waals surface area contributed by atoms with Crippen molar-refractivity contribution >= 4 is 40.6 Å². The molecule has 1 fully saturated rings. The monoisotopic (exact) mass is 355 g/mol. The van der Waals surface area contributed by atoms with E-state index in [0.29, 0.717) is 10.6 Å². The zero-order valence-corrected chi connectivity index (χ0v) is 14.6. The van der Waals surface area contributed by atoms with Crippen molar-refractivity contribution in [3.8, 4) is 0 Å². The molecule has 0 atom stereocenters. The van der Waals surface area contributed by atoms with Crippen LogP contribution in [-0.2, 0) is 9.59 Å². The summed E-state index contributed by atoms with van der Waals surface area (Å²) in [5.41, 5.74) is 3.42. The second kappa shape index (κ2) is 6.98. The average molecular weight is 355 g/mol. The molecule has 1 aromatic heterocycles. The number of amides is 3. The van der Waals surface area contributed by atoms with Crippen molar-refractivity contribution in [2.75, 3.05) is 11.9 Å². The summed E-state index contributed by atoms with van der Waals surface area (Å²) in [5, 5.41) is 2.29. The Labute approximate surface area is 149 Å². The van der Waals surface area contributed by atoms with Crippen LogP contribution in [0.2, 0.25) is 0 Å². The molecule has 0 unspecified atom stereocenters. The molecule has 0 aliphatic carbocycles. The summed E-state index contributed by atoms with van der Waals surface area (Å²) in [6.07, 6.45) is 3.33. The Bertz CT molecular complexity index is 851. The minimum absolute atomic E-state index is 0.298. The van der Waals surface area contributed by atoms with Crippen LogP contribution in [0, 0.1) is 13.8 Å². The third-order valence-electron chi connectivity index (χ3n) is 3.59. The first-order valence-electron chi connectivity index (χ1n) is 7.69. The molecule has 3 amide bonds. The second-order valence-electron chi connectivity index (χ2n) is 5.82. The van der Waals surface area contributed by atoms with E-state index in [1.54, 1.807) is 24.4 Å². The van der Waals surface area contributed by atoms with Crippen molar-refractivity contribution < 1.29 is 14.4 Å². The summed E-state index contributed by atoms with van der Waals surface area (Å²) >= 11 is 0.832. The summed E-state index contributed by atoms with van der Waals surface area (Å²) in [6.45, 7) is 3.56. The number of aromatic nitrogens is 1. The number of nitrogens with zero attached hydrogens (tertiary/aromatic N) is 1. The Balaban J connectivity index is 1.68. The Kier molecular flexibility index (Phi) is 4.76. The van der Waals surface area contributed by atoms with E-state index < -0.39 is 17.1 Å². The summed E-state index contributed by atoms with van der Waals surface area (Å²) in [7, 11) is 0. The second-order valence-corrected chi connectivity index (χ2v) is 6.81. The van der Waals surface area contributed by atoms with E-state index in [1.165, 1.54) is 0 Å². The summed E-state index contributed by atoms with van der Waals surface area (Å²) in [6, 6.07) is 9.26. The van der Waals surface area contributed by atoms with Crippen LogP contribution in [0.4, 0.5) is 10.5 Å². The third-order valence-corrected chi connectivity index (χ3v) is 4.50. The number of aryl methyl sites for hydroxylation is 2. The van der Waals surface area contributed by atoms with E-state index in [2.05, 4.69) is 10.3 Å². The molecule has 0 spiro atoms. The lowest BCUT2D eigenvalue weighted by atomic mass is 10.1. The number of anilines is 1. The molecule has 0 saturated carbocycles. The molecule has 2 heterocycles. The first kappa shape index (κ1) is 17.0. The minimum atomic E-state index is -0.458. The van der Waals surface area contributed by atoms with Crippen molar-refractivity contribution in [3.05, 3.63) is 58.3 Å². The van der Waals surface area contributed by atoms with Crippen LogP contribution in [0.5, 0.6) is 0 Å². The van der Waals surface area contributed by atoms with E-state index in [0.717, 1.165) is 33.5 Å². The lowest BCUT2D eigenvalue weighted by Gasteiger charge is -2.13. The van der Waals surface area contributed by atoms with Crippen molar-refractivity contribution in [2.45, 2.75) is 13.8 Å². The van der Waals surface area contributed by atoms with Crippen LogP contribution in [0.1, 0.15) is 16.8 Å². The number of carbonyl (C=O) groups is 3. The predicted molar refractivity (Wildman–Crippen MR) is 98.0 cm³/mol. The number of hydrogen-bond acceptors (Lipinski definition) is 4. The number of carbonyl (C=O) groups excluding carboxylic acids is 3. The molecule has 1 aromatic carbocycles. The molecule has 3 rings (SSSR count). The maximum Gasteiger partial charge on any atom is 0.294 e. The largest absolute Gasteiger partial charge is 0.362 e. The Morgan fingerprint density at radius 1 is 1.24 bits per heavy atom. The van der Waals surface area contributed by atoms with Crippen LogP contribution < -0.4 is 5.32 Å². The molecule has 7 heteroatoms. The quantitative estimate of drug-likeness (QED) is 0.825. The van der Waals surface area contributed by atoms with E-state index in [1.807, 2.05) is 32.0 Å². The third kappa shape index (κ3) is 4.00. The lowest BCUT2D eigenvalue weighted by Crippen LogP contribution is -2.36. The Hall–Kier alpha value is -2.80. The highest BCUT2D eigenvalue weighted by Gasteiger charge is 2.36. The van der Waals surface area contributed by atoms with Gasteiger partial charge in [-0.25, -0.2) is 0 Å². The number of imide groups is 1. The number of hydrogen-bond donors (Lipinski definition) is 2. The fourth-order valence-corrected chi connectivity index (χ4v) is 3.43. The molecule has 0 radical (unpaired) electrons. The van der Waals surface area contributed by atoms with Gasteiger partial charge in [-0.15, -0.1) is 0 Å². The standard InChI is InChI=1S/C18H17N3O3S/c1-11-6-12(2)8-14(7-11)20-16(22)10-21-17(23)15(25-18(21)24)9-13-4-3-5-19-13/h3-9,19H,10H2,1-2H3,(H,20,22)/b15-9+. The number of aromatic amines is 1. The molecular formula is C18H17N3O3S. The van der Waals surface area contributed by atoms with Gasteiger partial charge in [0.05, 0.1) is 4.91 Å². The highest BCUT2D eigenvalue weighted by atomic mass is 32.2. The van der Waals surface area contributed by atoms with Gasteiger partial charge in [-0.05, 0) is 67.1 Å². The highest BCUT2D eigenvalue weighted by Crippen LogP contribution is 2.31. The number of nitrogens with one attached hydrogen (secondary N) is 2. The summed E-state index contributed by atoms with van der Waals surface area (Å²) < 4.78 is 0. The van der Waals surface area contributed by atoms with E-state index in [-0.39, 0.29) is 6.54 Å². The zero-order valence-electron chi connectivity index (χ0n) is 13.8. The van der Waals surface area contributed by atoms with Gasteiger partial charge < -0.3 is 10.3 Å². The van der Waals surface area contributed by atoms with Crippen LogP contribution in [0.3, 0.4) is 0 Å². The van der Waals surface area contributed by atoms with E-state index >= 15 is 0 Å². The fourth-order valence-electron chi connectivity index (χ4n) is 2.60. The normalized spacial score (nSPS) is 15.9. The summed E-state index contributed by atoms with van der Waals surface area (Å²) in [5.74, 6) is -0.867. The van der Waals surface area contributed by atoms with Gasteiger partial charge >= 0.3 is 0 Å². The molecule has 0 bridgehead atoms. The average Bonchev–Trinajstić information content (AvgIpc) is 3.11. The molecule has 1 aliphatic rings. The van der Waals surface area contributed by atoms with Crippen LogP contribution in [-0.4, -0.2) is 33.5 Å². The molecule has 2 N–H and O–H groups in total. The Morgan fingerprint density at radius 3 is 2.60 bits per heavy atom. The topological polar surface area (TPSA) is 82.3 Å². The van der Waals surface area contributed by atoms with Gasteiger partial charge in [-0.1, -0.05) is 6.07 Å². The van der Waals surface area contributed by atoms with E-state index in [9.17, 15) is 14.4 Å². The number of thioether (sulfide) groups is 1. The molecule has 2 aromatic rings. The smallest absolute Gasteiger partial charge is 0.294 e. The first-order chi connectivity index (χ1) is 11.9.